The molecule has 0 aliphatic carbocycles. The number of rotatable bonds is 4. The summed E-state index contributed by atoms with van der Waals surface area (Å²) < 4.78 is 4.65. The molecule has 0 N–H and O–H groups in total. The second-order valence-electron chi connectivity index (χ2n) is 12.7. The molecule has 0 saturated carbocycles. The SMILES string of the molecule is Cc1cccc2c3cccc(C)c3n(-c3nc(-c4ccccc4)nc(-c4ccccc4-n4c5c(C)cccc5c5cccc(C)c54)n3)c12. The molecule has 0 saturated heterocycles. The predicted octanol–water partition coefficient (Wildman–Crippen LogP) is 10.6. The van der Waals surface area contributed by atoms with Crippen molar-refractivity contribution in [2.75, 3.05) is 0 Å². The lowest BCUT2D eigenvalue weighted by Crippen LogP contribution is -2.08. The number of para-hydroxylation sites is 5. The molecule has 6 aromatic carbocycles. The van der Waals surface area contributed by atoms with Gasteiger partial charge in [0.15, 0.2) is 11.6 Å². The van der Waals surface area contributed by atoms with Crippen LogP contribution < -0.4 is 0 Å². The first-order chi connectivity index (χ1) is 23.5. The summed E-state index contributed by atoms with van der Waals surface area (Å²) >= 11 is 0. The van der Waals surface area contributed by atoms with Crippen LogP contribution >= 0.6 is 0 Å². The van der Waals surface area contributed by atoms with E-state index in [-0.39, 0.29) is 0 Å². The van der Waals surface area contributed by atoms with E-state index in [0.717, 1.165) is 27.8 Å². The summed E-state index contributed by atoms with van der Waals surface area (Å²) in [6.07, 6.45) is 0. The van der Waals surface area contributed by atoms with Crippen molar-refractivity contribution in [3.05, 3.63) is 150 Å². The molecular weight excluding hydrogens is 587 g/mol. The summed E-state index contributed by atoms with van der Waals surface area (Å²) in [5.41, 5.74) is 12.3. The summed E-state index contributed by atoms with van der Waals surface area (Å²) in [7, 11) is 0. The maximum absolute atomic E-state index is 5.36. The number of hydrogen-bond donors (Lipinski definition) is 0. The molecule has 0 aliphatic rings. The third-order valence-corrected chi connectivity index (χ3v) is 9.67. The molecule has 5 nitrogen and oxygen atoms in total. The van der Waals surface area contributed by atoms with Gasteiger partial charge in [-0.05, 0) is 62.1 Å². The Morgan fingerprint density at radius 2 is 0.812 bits per heavy atom. The minimum Gasteiger partial charge on any atom is -0.308 e. The Labute approximate surface area is 278 Å². The molecular formula is C43H33N5. The minimum atomic E-state index is 0.604. The van der Waals surface area contributed by atoms with E-state index in [1.54, 1.807) is 0 Å². The van der Waals surface area contributed by atoms with Crippen LogP contribution in [-0.4, -0.2) is 24.1 Å². The Hall–Kier alpha value is -6.07. The first-order valence-electron chi connectivity index (χ1n) is 16.4. The molecule has 3 heterocycles. The molecule has 9 rings (SSSR count). The molecule has 0 atom stereocenters. The van der Waals surface area contributed by atoms with E-state index in [1.807, 2.05) is 18.2 Å². The highest BCUT2D eigenvalue weighted by atomic mass is 15.2. The van der Waals surface area contributed by atoms with E-state index in [4.69, 9.17) is 15.0 Å². The Morgan fingerprint density at radius 1 is 0.375 bits per heavy atom. The Morgan fingerprint density at radius 3 is 1.33 bits per heavy atom. The van der Waals surface area contributed by atoms with Gasteiger partial charge in [-0.1, -0.05) is 115 Å². The van der Waals surface area contributed by atoms with Crippen LogP contribution in [0.3, 0.4) is 0 Å². The zero-order valence-corrected chi connectivity index (χ0v) is 27.4. The summed E-state index contributed by atoms with van der Waals surface area (Å²) in [6.45, 7) is 8.71. The number of hydrogen-bond acceptors (Lipinski definition) is 3. The van der Waals surface area contributed by atoms with Gasteiger partial charge in [-0.15, -0.1) is 0 Å². The van der Waals surface area contributed by atoms with Crippen molar-refractivity contribution in [3.63, 3.8) is 0 Å². The van der Waals surface area contributed by atoms with Crippen molar-refractivity contribution >= 4 is 43.6 Å². The highest BCUT2D eigenvalue weighted by Gasteiger charge is 2.23. The molecule has 0 radical (unpaired) electrons. The van der Waals surface area contributed by atoms with Crippen LogP contribution in [0.2, 0.25) is 0 Å². The van der Waals surface area contributed by atoms with Crippen LogP contribution in [0.25, 0.3) is 78.0 Å². The maximum Gasteiger partial charge on any atom is 0.238 e. The highest BCUT2D eigenvalue weighted by Crippen LogP contribution is 2.39. The first-order valence-corrected chi connectivity index (χ1v) is 16.4. The Kier molecular flexibility index (Phi) is 6.31. The van der Waals surface area contributed by atoms with E-state index in [9.17, 15) is 0 Å². The minimum absolute atomic E-state index is 0.604. The van der Waals surface area contributed by atoms with Gasteiger partial charge in [0.05, 0.1) is 27.8 Å². The summed E-state index contributed by atoms with van der Waals surface area (Å²) in [4.78, 5) is 15.8. The van der Waals surface area contributed by atoms with Crippen LogP contribution in [0.4, 0.5) is 0 Å². The van der Waals surface area contributed by atoms with E-state index < -0.39 is 0 Å². The van der Waals surface area contributed by atoms with Gasteiger partial charge in [0, 0.05) is 32.7 Å². The van der Waals surface area contributed by atoms with Crippen molar-refractivity contribution in [3.8, 4) is 34.4 Å². The second kappa shape index (κ2) is 10.7. The Balaban J connectivity index is 1.40. The lowest BCUT2D eigenvalue weighted by atomic mass is 10.1. The van der Waals surface area contributed by atoms with Crippen molar-refractivity contribution in [1.82, 2.24) is 24.1 Å². The molecule has 0 unspecified atom stereocenters. The smallest absolute Gasteiger partial charge is 0.238 e. The zero-order chi connectivity index (χ0) is 32.5. The van der Waals surface area contributed by atoms with Crippen molar-refractivity contribution in [1.29, 1.82) is 0 Å². The fourth-order valence-corrected chi connectivity index (χ4v) is 7.52. The summed E-state index contributed by atoms with van der Waals surface area (Å²) in [5.74, 6) is 1.87. The van der Waals surface area contributed by atoms with Gasteiger partial charge >= 0.3 is 0 Å². The van der Waals surface area contributed by atoms with Gasteiger partial charge in [0.25, 0.3) is 0 Å². The van der Waals surface area contributed by atoms with Gasteiger partial charge < -0.3 is 4.57 Å². The number of fused-ring (bicyclic) bond motifs is 6. The predicted molar refractivity (Wildman–Crippen MR) is 198 cm³/mol. The van der Waals surface area contributed by atoms with Gasteiger partial charge in [-0.3, -0.25) is 4.57 Å². The van der Waals surface area contributed by atoms with E-state index in [0.29, 0.717) is 17.6 Å². The molecule has 9 aromatic rings. The molecule has 0 aliphatic heterocycles. The van der Waals surface area contributed by atoms with Crippen LogP contribution in [-0.2, 0) is 0 Å². The van der Waals surface area contributed by atoms with Crippen LogP contribution in [0.15, 0.2) is 127 Å². The monoisotopic (exact) mass is 619 g/mol. The fourth-order valence-electron chi connectivity index (χ4n) is 7.52. The van der Waals surface area contributed by atoms with Crippen molar-refractivity contribution in [2.45, 2.75) is 27.7 Å². The van der Waals surface area contributed by atoms with E-state index >= 15 is 0 Å². The maximum atomic E-state index is 5.36. The van der Waals surface area contributed by atoms with Crippen molar-refractivity contribution < 1.29 is 0 Å². The Bertz CT molecular complexity index is 2600. The fraction of sp³-hybridized carbons (Fsp3) is 0.0930. The third kappa shape index (κ3) is 4.14. The molecule has 0 fully saturated rings. The van der Waals surface area contributed by atoms with Crippen LogP contribution in [0.1, 0.15) is 22.3 Å². The topological polar surface area (TPSA) is 48.5 Å². The molecule has 5 heteroatoms. The molecule has 0 bridgehead atoms. The average Bonchev–Trinajstić information content (AvgIpc) is 3.65. The van der Waals surface area contributed by atoms with Gasteiger partial charge in [-0.2, -0.15) is 9.97 Å². The molecule has 230 valence electrons. The van der Waals surface area contributed by atoms with E-state index in [2.05, 4.69) is 146 Å². The molecule has 0 amide bonds. The van der Waals surface area contributed by atoms with Gasteiger partial charge in [0.1, 0.15) is 0 Å². The standard InChI is InChI=1S/C43H33N5/c1-26-14-10-21-31-32-22-11-15-27(2)38(32)47(37(26)31)36-25-9-8-20-35(36)42-44-41(30-18-6-5-7-19-30)45-43(46-42)48-39-28(3)16-12-23-33(39)34-24-13-17-29(4)40(34)48/h5-25H,1-4H3. The number of nitrogens with zero attached hydrogens (tertiary/aromatic N) is 5. The molecule has 3 aromatic heterocycles. The average molecular weight is 620 g/mol. The molecule has 48 heavy (non-hydrogen) atoms. The third-order valence-electron chi connectivity index (χ3n) is 9.67. The first kappa shape index (κ1) is 28.2. The largest absolute Gasteiger partial charge is 0.308 e. The second-order valence-corrected chi connectivity index (χ2v) is 12.7. The highest BCUT2D eigenvalue weighted by molar-refractivity contribution is 6.12. The van der Waals surface area contributed by atoms with Crippen LogP contribution in [0.5, 0.6) is 0 Å². The lowest BCUT2D eigenvalue weighted by molar-refractivity contribution is 0.947. The number of aryl methyl sites for hydroxylation is 4. The van der Waals surface area contributed by atoms with Crippen molar-refractivity contribution in [2.24, 2.45) is 0 Å². The zero-order valence-electron chi connectivity index (χ0n) is 27.4. The van der Waals surface area contributed by atoms with Gasteiger partial charge in [0.2, 0.25) is 5.95 Å². The number of aromatic nitrogens is 5. The molecule has 0 spiro atoms. The van der Waals surface area contributed by atoms with Gasteiger partial charge in [-0.25, -0.2) is 4.98 Å². The lowest BCUT2D eigenvalue weighted by Gasteiger charge is -2.16. The normalized spacial score (nSPS) is 11.8. The number of benzene rings is 6. The summed E-state index contributed by atoms with van der Waals surface area (Å²) in [5, 5.41) is 4.85. The van der Waals surface area contributed by atoms with Crippen LogP contribution in [0, 0.1) is 27.7 Å². The van der Waals surface area contributed by atoms with E-state index in [1.165, 1.54) is 54.8 Å². The quantitative estimate of drug-likeness (QED) is 0.197. The summed E-state index contributed by atoms with van der Waals surface area (Å²) in [6, 6.07) is 44.8.